The van der Waals surface area contributed by atoms with Gasteiger partial charge in [0.05, 0.1) is 0 Å². The average molecular weight is 193 g/mol. The molecule has 1 unspecified atom stereocenters. The van der Waals surface area contributed by atoms with E-state index in [2.05, 4.69) is 5.32 Å². The molecule has 0 aromatic heterocycles. The van der Waals surface area contributed by atoms with Crippen molar-refractivity contribution in [1.82, 2.24) is 5.32 Å². The molecule has 0 aliphatic carbocycles. The highest BCUT2D eigenvalue weighted by Gasteiger charge is 2.23. The Morgan fingerprint density at radius 3 is 2.93 bits per heavy atom. The number of rotatable bonds is 0. The molecule has 1 aromatic rings. The van der Waals surface area contributed by atoms with Crippen molar-refractivity contribution in [3.8, 4) is 0 Å². The topological polar surface area (TPSA) is 29.1 Å². The van der Waals surface area contributed by atoms with Gasteiger partial charge in [-0.3, -0.25) is 4.79 Å². The summed E-state index contributed by atoms with van der Waals surface area (Å²) in [6.07, 6.45) is 0.785. The van der Waals surface area contributed by atoms with E-state index in [1.807, 2.05) is 13.8 Å². The van der Waals surface area contributed by atoms with Crippen LogP contribution in [0.25, 0.3) is 0 Å². The van der Waals surface area contributed by atoms with Gasteiger partial charge in [0.25, 0.3) is 5.91 Å². The van der Waals surface area contributed by atoms with Crippen molar-refractivity contribution in [2.75, 3.05) is 0 Å². The lowest BCUT2D eigenvalue weighted by atomic mass is 9.92. The first-order valence-electron chi connectivity index (χ1n) is 4.68. The third-order valence-corrected chi connectivity index (χ3v) is 2.57. The fraction of sp³-hybridized carbons (Fsp3) is 0.364. The first kappa shape index (κ1) is 9.19. The summed E-state index contributed by atoms with van der Waals surface area (Å²) in [6, 6.07) is 2.92. The van der Waals surface area contributed by atoms with Crippen LogP contribution in [0.1, 0.15) is 28.4 Å². The summed E-state index contributed by atoms with van der Waals surface area (Å²) in [7, 11) is 0. The molecular weight excluding hydrogens is 181 g/mol. The summed E-state index contributed by atoms with van der Waals surface area (Å²) in [4.78, 5) is 11.5. The lowest BCUT2D eigenvalue weighted by molar-refractivity contribution is 0.0928. The van der Waals surface area contributed by atoms with Crippen LogP contribution in [0.3, 0.4) is 0 Å². The zero-order valence-corrected chi connectivity index (χ0v) is 8.23. The summed E-state index contributed by atoms with van der Waals surface area (Å²) in [5, 5.41) is 2.78. The molecule has 14 heavy (non-hydrogen) atoms. The minimum atomic E-state index is -0.342. The fourth-order valence-corrected chi connectivity index (χ4v) is 1.91. The number of nitrogens with one attached hydrogen (secondary N) is 1. The molecular formula is C11H12FNO. The van der Waals surface area contributed by atoms with Crippen molar-refractivity contribution >= 4 is 5.91 Å². The maximum absolute atomic E-state index is 13.0. The highest BCUT2D eigenvalue weighted by atomic mass is 19.1. The number of amides is 1. The smallest absolute Gasteiger partial charge is 0.251 e. The number of halogens is 1. The zero-order chi connectivity index (χ0) is 10.3. The second-order valence-electron chi connectivity index (χ2n) is 3.83. The number of benzene rings is 1. The van der Waals surface area contributed by atoms with E-state index in [-0.39, 0.29) is 17.8 Å². The molecule has 74 valence electrons. The predicted molar refractivity (Wildman–Crippen MR) is 51.8 cm³/mol. The van der Waals surface area contributed by atoms with Gasteiger partial charge in [-0.2, -0.15) is 0 Å². The zero-order valence-electron chi connectivity index (χ0n) is 8.23. The van der Waals surface area contributed by atoms with Crippen molar-refractivity contribution in [3.05, 3.63) is 34.6 Å². The van der Waals surface area contributed by atoms with E-state index >= 15 is 0 Å². The summed E-state index contributed by atoms with van der Waals surface area (Å²) < 4.78 is 13.0. The van der Waals surface area contributed by atoms with Gasteiger partial charge in [-0.25, -0.2) is 4.39 Å². The highest BCUT2D eigenvalue weighted by Crippen LogP contribution is 2.21. The highest BCUT2D eigenvalue weighted by molar-refractivity contribution is 5.97. The van der Waals surface area contributed by atoms with Crippen LogP contribution in [0.2, 0.25) is 0 Å². The van der Waals surface area contributed by atoms with Gasteiger partial charge in [0.1, 0.15) is 5.82 Å². The van der Waals surface area contributed by atoms with Crippen LogP contribution in [0, 0.1) is 12.7 Å². The Morgan fingerprint density at radius 2 is 2.21 bits per heavy atom. The quantitative estimate of drug-likeness (QED) is 0.669. The number of aryl methyl sites for hydroxylation is 1. The van der Waals surface area contributed by atoms with Crippen molar-refractivity contribution < 1.29 is 9.18 Å². The van der Waals surface area contributed by atoms with E-state index < -0.39 is 0 Å². The van der Waals surface area contributed by atoms with Gasteiger partial charge in [0.15, 0.2) is 0 Å². The van der Waals surface area contributed by atoms with Crippen LogP contribution < -0.4 is 5.32 Å². The van der Waals surface area contributed by atoms with E-state index in [0.29, 0.717) is 5.56 Å². The summed E-state index contributed by atoms with van der Waals surface area (Å²) >= 11 is 0. The molecule has 0 spiro atoms. The monoisotopic (exact) mass is 193 g/mol. The van der Waals surface area contributed by atoms with E-state index in [9.17, 15) is 9.18 Å². The van der Waals surface area contributed by atoms with E-state index in [1.165, 1.54) is 12.1 Å². The molecule has 0 saturated carbocycles. The van der Waals surface area contributed by atoms with Crippen LogP contribution >= 0.6 is 0 Å². The predicted octanol–water partition coefficient (Wildman–Crippen LogP) is 1.81. The second-order valence-corrected chi connectivity index (χ2v) is 3.83. The molecule has 1 N–H and O–H groups in total. The molecule has 1 aliphatic rings. The molecule has 0 saturated heterocycles. The maximum Gasteiger partial charge on any atom is 0.251 e. The number of carbonyl (C=O) groups excluding carboxylic acids is 1. The van der Waals surface area contributed by atoms with Crippen LogP contribution in [0.5, 0.6) is 0 Å². The van der Waals surface area contributed by atoms with Gasteiger partial charge in [-0.05, 0) is 43.5 Å². The summed E-state index contributed by atoms with van der Waals surface area (Å²) in [5.41, 5.74) is 2.32. The van der Waals surface area contributed by atoms with Gasteiger partial charge in [0.2, 0.25) is 0 Å². The Labute approximate surface area is 82.1 Å². The minimum Gasteiger partial charge on any atom is -0.349 e. The Kier molecular flexibility index (Phi) is 2.02. The third kappa shape index (κ3) is 1.39. The molecule has 1 amide bonds. The lowest BCUT2D eigenvalue weighted by Crippen LogP contribution is -2.39. The molecule has 0 bridgehead atoms. The SMILES string of the molecule is Cc1cc(F)cc2c1CC(C)NC2=O. The third-order valence-electron chi connectivity index (χ3n) is 2.57. The van der Waals surface area contributed by atoms with Crippen molar-refractivity contribution in [1.29, 1.82) is 0 Å². The first-order valence-corrected chi connectivity index (χ1v) is 4.68. The van der Waals surface area contributed by atoms with Crippen LogP contribution in [0.15, 0.2) is 12.1 Å². The minimum absolute atomic E-state index is 0.138. The van der Waals surface area contributed by atoms with Gasteiger partial charge >= 0.3 is 0 Å². The van der Waals surface area contributed by atoms with E-state index in [0.717, 1.165) is 17.5 Å². The Bertz CT molecular complexity index is 401. The van der Waals surface area contributed by atoms with Gasteiger partial charge in [-0.1, -0.05) is 0 Å². The number of hydrogen-bond acceptors (Lipinski definition) is 1. The standard InChI is InChI=1S/C11H12FNO/c1-6-3-8(12)5-10-9(6)4-7(2)13-11(10)14/h3,5,7H,4H2,1-2H3,(H,13,14). The molecule has 1 atom stereocenters. The Morgan fingerprint density at radius 1 is 1.50 bits per heavy atom. The second kappa shape index (κ2) is 3.08. The van der Waals surface area contributed by atoms with Crippen molar-refractivity contribution in [3.63, 3.8) is 0 Å². The van der Waals surface area contributed by atoms with Crippen molar-refractivity contribution in [2.45, 2.75) is 26.3 Å². The Balaban J connectivity index is 2.59. The molecule has 0 fully saturated rings. The maximum atomic E-state index is 13.0. The average Bonchev–Trinajstić information content (AvgIpc) is 2.07. The number of hydrogen-bond donors (Lipinski definition) is 1. The van der Waals surface area contributed by atoms with Crippen molar-refractivity contribution in [2.24, 2.45) is 0 Å². The van der Waals surface area contributed by atoms with Crippen LogP contribution in [0.4, 0.5) is 4.39 Å². The van der Waals surface area contributed by atoms with Gasteiger partial charge in [-0.15, -0.1) is 0 Å². The molecule has 0 radical (unpaired) electrons. The summed E-state index contributed by atoms with van der Waals surface area (Å²) in [6.45, 7) is 3.79. The summed E-state index contributed by atoms with van der Waals surface area (Å²) in [5.74, 6) is -0.507. The van der Waals surface area contributed by atoms with Gasteiger partial charge < -0.3 is 5.32 Å². The molecule has 2 nitrogen and oxygen atoms in total. The fourth-order valence-electron chi connectivity index (χ4n) is 1.91. The van der Waals surface area contributed by atoms with Gasteiger partial charge in [0, 0.05) is 11.6 Å². The largest absolute Gasteiger partial charge is 0.349 e. The molecule has 1 heterocycles. The normalized spacial score (nSPS) is 20.2. The van der Waals surface area contributed by atoms with Crippen LogP contribution in [-0.2, 0) is 6.42 Å². The lowest BCUT2D eigenvalue weighted by Gasteiger charge is -2.24. The van der Waals surface area contributed by atoms with E-state index in [1.54, 1.807) is 0 Å². The number of fused-ring (bicyclic) bond motifs is 1. The van der Waals surface area contributed by atoms with Crippen LogP contribution in [-0.4, -0.2) is 11.9 Å². The molecule has 2 rings (SSSR count). The first-order chi connectivity index (χ1) is 6.58. The molecule has 1 aromatic carbocycles. The molecule has 1 aliphatic heterocycles. The number of carbonyl (C=O) groups is 1. The Hall–Kier alpha value is -1.38. The van der Waals surface area contributed by atoms with E-state index in [4.69, 9.17) is 0 Å². The molecule has 3 heteroatoms.